The van der Waals surface area contributed by atoms with E-state index in [1.165, 1.54) is 29.4 Å². The average molecular weight is 404 g/mol. The Morgan fingerprint density at radius 3 is 1.37 bits per heavy atom. The first-order valence-corrected chi connectivity index (χ1v) is 8.82. The second-order valence-electron chi connectivity index (χ2n) is 6.20. The summed E-state index contributed by atoms with van der Waals surface area (Å²) in [5.74, 6) is 0. The fourth-order valence-electron chi connectivity index (χ4n) is 2.86. The lowest BCUT2D eigenvalue weighted by atomic mass is 9.89. The fourth-order valence-corrected chi connectivity index (χ4v) is 2.86. The SMILES string of the molecule is Cc1c(C)c(C)c(CN=C=O)c(CN=C=O)c1C.O=C=Nc1cccc(N=C=O)c1. The highest BCUT2D eigenvalue weighted by Gasteiger charge is 2.14. The van der Waals surface area contributed by atoms with E-state index >= 15 is 0 Å². The Bertz CT molecular complexity index is 1030. The van der Waals surface area contributed by atoms with Gasteiger partial charge in [0.05, 0.1) is 24.5 Å². The van der Waals surface area contributed by atoms with Crippen LogP contribution in [0.5, 0.6) is 0 Å². The largest absolute Gasteiger partial charge is 0.240 e. The maximum Gasteiger partial charge on any atom is 0.240 e. The molecule has 0 saturated carbocycles. The maximum atomic E-state index is 10.3. The highest BCUT2D eigenvalue weighted by molar-refractivity contribution is 5.58. The Morgan fingerprint density at radius 2 is 1.03 bits per heavy atom. The summed E-state index contributed by atoms with van der Waals surface area (Å²) >= 11 is 0. The van der Waals surface area contributed by atoms with Crippen molar-refractivity contribution in [1.29, 1.82) is 0 Å². The number of benzene rings is 2. The maximum absolute atomic E-state index is 10.3. The molecule has 0 aromatic heterocycles. The Labute approximate surface area is 173 Å². The topological polar surface area (TPSA) is 118 Å². The monoisotopic (exact) mass is 404 g/mol. The Balaban J connectivity index is 0.000000325. The van der Waals surface area contributed by atoms with Gasteiger partial charge < -0.3 is 0 Å². The standard InChI is InChI=1S/C14H16N2O2.C8H4N2O2/c1-9-10(2)12(4)14(6-16-8-18)13(11(9)3)5-15-7-17;11-5-9-7-2-1-3-8(4-7)10-6-12/h5-6H2,1-4H3;1-4H. The van der Waals surface area contributed by atoms with Gasteiger partial charge in [0.1, 0.15) is 0 Å². The molecule has 8 heteroatoms. The highest BCUT2D eigenvalue weighted by Crippen LogP contribution is 2.27. The molecule has 0 heterocycles. The van der Waals surface area contributed by atoms with Crippen LogP contribution in [0.2, 0.25) is 0 Å². The summed E-state index contributed by atoms with van der Waals surface area (Å²) in [6.45, 7) is 8.62. The average Bonchev–Trinajstić information content (AvgIpc) is 2.74. The molecular formula is C22H20N4O4. The lowest BCUT2D eigenvalue weighted by molar-refractivity contribution is 0.561. The van der Waals surface area contributed by atoms with Crippen LogP contribution in [0.15, 0.2) is 44.2 Å². The first-order valence-electron chi connectivity index (χ1n) is 8.82. The van der Waals surface area contributed by atoms with Crippen molar-refractivity contribution in [2.24, 2.45) is 20.0 Å². The van der Waals surface area contributed by atoms with Crippen LogP contribution < -0.4 is 0 Å². The molecule has 0 aliphatic carbocycles. The van der Waals surface area contributed by atoms with Gasteiger partial charge in [-0.05, 0) is 79.3 Å². The molecule has 0 spiro atoms. The minimum Gasteiger partial charge on any atom is -0.211 e. The predicted molar refractivity (Wildman–Crippen MR) is 111 cm³/mol. The van der Waals surface area contributed by atoms with Crippen LogP contribution >= 0.6 is 0 Å². The van der Waals surface area contributed by atoms with E-state index in [1.807, 2.05) is 27.7 Å². The quantitative estimate of drug-likeness (QED) is 0.529. The zero-order valence-electron chi connectivity index (χ0n) is 17.1. The molecule has 0 radical (unpaired) electrons. The molecule has 8 nitrogen and oxygen atoms in total. The van der Waals surface area contributed by atoms with Gasteiger partial charge in [0.2, 0.25) is 24.3 Å². The van der Waals surface area contributed by atoms with E-state index in [1.54, 1.807) is 30.4 Å². The van der Waals surface area contributed by atoms with Gasteiger partial charge in [-0.1, -0.05) is 6.07 Å². The molecule has 30 heavy (non-hydrogen) atoms. The molecule has 2 aromatic carbocycles. The number of aliphatic imine (C=N–C) groups is 4. The van der Waals surface area contributed by atoms with Gasteiger partial charge >= 0.3 is 0 Å². The Hall–Kier alpha value is -4.04. The minimum atomic E-state index is 0.279. The van der Waals surface area contributed by atoms with Gasteiger partial charge in [0.15, 0.2) is 0 Å². The van der Waals surface area contributed by atoms with E-state index in [0.29, 0.717) is 11.4 Å². The molecule has 0 fully saturated rings. The normalized spacial score (nSPS) is 8.93. The number of rotatable bonds is 6. The van der Waals surface area contributed by atoms with Crippen molar-refractivity contribution in [2.75, 3.05) is 0 Å². The van der Waals surface area contributed by atoms with E-state index < -0.39 is 0 Å². The van der Waals surface area contributed by atoms with Crippen LogP contribution in [-0.4, -0.2) is 24.3 Å². The number of isocyanates is 4. The van der Waals surface area contributed by atoms with Crippen molar-refractivity contribution in [3.63, 3.8) is 0 Å². The summed E-state index contributed by atoms with van der Waals surface area (Å²) in [6.07, 6.45) is 5.87. The molecule has 0 aliphatic heterocycles. The fraction of sp³-hybridized carbons (Fsp3) is 0.273. The van der Waals surface area contributed by atoms with Crippen LogP contribution in [-0.2, 0) is 32.3 Å². The number of nitrogens with zero attached hydrogens (tertiary/aromatic N) is 4. The first-order chi connectivity index (χ1) is 14.4. The molecule has 0 saturated heterocycles. The number of hydrogen-bond acceptors (Lipinski definition) is 8. The minimum absolute atomic E-state index is 0.279. The van der Waals surface area contributed by atoms with Crippen LogP contribution in [0.3, 0.4) is 0 Å². The Morgan fingerprint density at radius 1 is 0.633 bits per heavy atom. The number of hydrogen-bond donors (Lipinski definition) is 0. The van der Waals surface area contributed by atoms with E-state index in [9.17, 15) is 19.2 Å². The van der Waals surface area contributed by atoms with Gasteiger partial charge in [0.25, 0.3) is 0 Å². The summed E-state index contributed by atoms with van der Waals surface area (Å²) in [4.78, 5) is 54.2. The molecule has 0 unspecified atom stereocenters. The first kappa shape index (κ1) is 24.0. The van der Waals surface area contributed by atoms with Crippen molar-refractivity contribution in [3.05, 3.63) is 57.6 Å². The summed E-state index contributed by atoms with van der Waals surface area (Å²) < 4.78 is 0. The van der Waals surface area contributed by atoms with Crippen molar-refractivity contribution < 1.29 is 19.2 Å². The predicted octanol–water partition coefficient (Wildman–Crippen LogP) is 4.21. The second-order valence-corrected chi connectivity index (χ2v) is 6.20. The molecule has 2 rings (SSSR count). The summed E-state index contributed by atoms with van der Waals surface area (Å²) in [6, 6.07) is 6.32. The molecule has 152 valence electrons. The number of carbonyl (C=O) groups excluding carboxylic acids is 4. The van der Waals surface area contributed by atoms with Crippen molar-refractivity contribution >= 4 is 35.7 Å². The van der Waals surface area contributed by atoms with Gasteiger partial charge in [-0.3, -0.25) is 0 Å². The van der Waals surface area contributed by atoms with E-state index in [4.69, 9.17) is 0 Å². The van der Waals surface area contributed by atoms with Crippen molar-refractivity contribution in [1.82, 2.24) is 0 Å². The summed E-state index contributed by atoms with van der Waals surface area (Å²) in [5, 5.41) is 0. The zero-order valence-corrected chi connectivity index (χ0v) is 17.1. The van der Waals surface area contributed by atoms with E-state index in [0.717, 1.165) is 22.3 Å². The van der Waals surface area contributed by atoms with Gasteiger partial charge in [-0.25, -0.2) is 29.2 Å². The van der Waals surface area contributed by atoms with E-state index in [-0.39, 0.29) is 13.1 Å². The second kappa shape index (κ2) is 12.4. The van der Waals surface area contributed by atoms with Crippen molar-refractivity contribution in [2.45, 2.75) is 40.8 Å². The molecule has 0 bridgehead atoms. The third-order valence-electron chi connectivity index (χ3n) is 4.74. The molecule has 0 N–H and O–H groups in total. The van der Waals surface area contributed by atoms with Gasteiger partial charge in [-0.15, -0.1) is 0 Å². The van der Waals surface area contributed by atoms with Crippen molar-refractivity contribution in [3.8, 4) is 0 Å². The van der Waals surface area contributed by atoms with Crippen LogP contribution in [0.4, 0.5) is 11.4 Å². The highest BCUT2D eigenvalue weighted by atomic mass is 16.1. The van der Waals surface area contributed by atoms with E-state index in [2.05, 4.69) is 20.0 Å². The summed E-state index contributed by atoms with van der Waals surface area (Å²) in [5.41, 5.74) is 7.30. The van der Waals surface area contributed by atoms with Crippen LogP contribution in [0.25, 0.3) is 0 Å². The van der Waals surface area contributed by atoms with Crippen LogP contribution in [0, 0.1) is 27.7 Å². The smallest absolute Gasteiger partial charge is 0.211 e. The molecule has 0 amide bonds. The van der Waals surface area contributed by atoms with Gasteiger partial charge in [-0.2, -0.15) is 9.98 Å². The lowest BCUT2D eigenvalue weighted by Crippen LogP contribution is -2.05. The molecule has 0 aliphatic rings. The molecular weight excluding hydrogens is 384 g/mol. The zero-order chi connectivity index (χ0) is 22.5. The molecule has 2 aromatic rings. The Kier molecular flexibility index (Phi) is 9.94. The lowest BCUT2D eigenvalue weighted by Gasteiger charge is -2.18. The van der Waals surface area contributed by atoms with Gasteiger partial charge in [0, 0.05) is 0 Å². The molecule has 0 atom stereocenters. The third-order valence-corrected chi connectivity index (χ3v) is 4.74. The van der Waals surface area contributed by atoms with Crippen LogP contribution in [0.1, 0.15) is 33.4 Å². The third kappa shape index (κ3) is 6.54. The summed E-state index contributed by atoms with van der Waals surface area (Å²) in [7, 11) is 0.